The van der Waals surface area contributed by atoms with Crippen molar-refractivity contribution in [3.63, 3.8) is 0 Å². The molecule has 5 nitrogen and oxygen atoms in total. The Hall–Kier alpha value is -2.01. The van der Waals surface area contributed by atoms with Crippen molar-refractivity contribution in [1.29, 1.82) is 5.26 Å². The van der Waals surface area contributed by atoms with E-state index in [0.29, 0.717) is 11.1 Å². The maximum atomic E-state index is 11.7. The molecule has 2 aromatic rings. The molecule has 1 aliphatic rings. The molecule has 0 saturated carbocycles. The van der Waals surface area contributed by atoms with E-state index in [4.69, 9.17) is 0 Å². The summed E-state index contributed by atoms with van der Waals surface area (Å²) in [6.45, 7) is 1.78. The van der Waals surface area contributed by atoms with Gasteiger partial charge in [-0.05, 0) is 29.7 Å². The van der Waals surface area contributed by atoms with Gasteiger partial charge in [-0.25, -0.2) is 0 Å². The van der Waals surface area contributed by atoms with Crippen LogP contribution in [0.15, 0.2) is 46.2 Å². The molecule has 7 heteroatoms. The van der Waals surface area contributed by atoms with Crippen LogP contribution in [-0.2, 0) is 14.3 Å². The van der Waals surface area contributed by atoms with Crippen LogP contribution in [0.4, 0.5) is 11.4 Å². The molecular weight excluding hydrogens is 344 g/mol. The van der Waals surface area contributed by atoms with Crippen LogP contribution < -0.4 is 5.32 Å². The van der Waals surface area contributed by atoms with Crippen LogP contribution >= 0.6 is 11.8 Å². The van der Waals surface area contributed by atoms with Gasteiger partial charge in [0.2, 0.25) is 0 Å². The standard InChI is InChI=1S/C17H16N2O3S2/c1-11(10-24(20,21)22-2)12-7-8-16-17(13(12)9-18)19-14-5-3-4-6-15(14)23-16/h3-8,11,19H,10H2,1-2H3. The lowest BCUT2D eigenvalue weighted by Gasteiger charge is -2.24. The van der Waals surface area contributed by atoms with Gasteiger partial charge in [0.05, 0.1) is 29.8 Å². The maximum absolute atomic E-state index is 11.7. The monoisotopic (exact) mass is 360 g/mol. The third kappa shape index (κ3) is 3.13. The third-order valence-electron chi connectivity index (χ3n) is 3.92. The van der Waals surface area contributed by atoms with Gasteiger partial charge in [0.1, 0.15) is 6.07 Å². The first-order valence-corrected chi connectivity index (χ1v) is 9.73. The average Bonchev–Trinajstić information content (AvgIpc) is 2.58. The smallest absolute Gasteiger partial charge is 0.267 e. The maximum Gasteiger partial charge on any atom is 0.267 e. The van der Waals surface area contributed by atoms with Crippen LogP contribution in [0, 0.1) is 11.3 Å². The van der Waals surface area contributed by atoms with Crippen LogP contribution in [0.3, 0.4) is 0 Å². The molecule has 3 rings (SSSR count). The number of fused-ring (bicyclic) bond motifs is 2. The number of nitrogens with zero attached hydrogens (tertiary/aromatic N) is 1. The Labute approximate surface area is 145 Å². The van der Waals surface area contributed by atoms with E-state index in [0.717, 1.165) is 28.3 Å². The van der Waals surface area contributed by atoms with Crippen molar-refractivity contribution < 1.29 is 12.6 Å². The first-order valence-electron chi connectivity index (χ1n) is 7.34. The Morgan fingerprint density at radius 1 is 1.25 bits per heavy atom. The lowest BCUT2D eigenvalue weighted by Crippen LogP contribution is -2.15. The molecule has 0 aromatic heterocycles. The number of anilines is 2. The van der Waals surface area contributed by atoms with Gasteiger partial charge in [0.25, 0.3) is 10.1 Å². The molecule has 1 heterocycles. The van der Waals surface area contributed by atoms with Crippen LogP contribution in [0.5, 0.6) is 0 Å². The largest absolute Gasteiger partial charge is 0.353 e. The van der Waals surface area contributed by atoms with Gasteiger partial charge < -0.3 is 5.32 Å². The van der Waals surface area contributed by atoms with Gasteiger partial charge in [-0.3, -0.25) is 4.18 Å². The molecule has 1 N–H and O–H groups in total. The Bertz CT molecular complexity index is 933. The summed E-state index contributed by atoms with van der Waals surface area (Å²) in [6, 6.07) is 13.9. The summed E-state index contributed by atoms with van der Waals surface area (Å²) in [7, 11) is -2.45. The number of para-hydroxylation sites is 1. The molecule has 1 aliphatic heterocycles. The molecule has 0 bridgehead atoms. The molecule has 2 aromatic carbocycles. The Kier molecular flexibility index (Phi) is 4.54. The highest BCUT2D eigenvalue weighted by Crippen LogP contribution is 2.46. The molecule has 0 fully saturated rings. The fourth-order valence-electron chi connectivity index (χ4n) is 2.72. The SMILES string of the molecule is COS(=O)(=O)CC(C)c1ccc2c(c1C#N)Nc1ccccc1S2. The minimum absolute atomic E-state index is 0.166. The van der Waals surface area contributed by atoms with Gasteiger partial charge in [0.15, 0.2) is 0 Å². The van der Waals surface area contributed by atoms with Crippen molar-refractivity contribution in [2.75, 3.05) is 18.2 Å². The van der Waals surface area contributed by atoms with Crippen molar-refractivity contribution in [3.8, 4) is 6.07 Å². The first-order chi connectivity index (χ1) is 11.4. The highest BCUT2D eigenvalue weighted by atomic mass is 32.2. The quantitative estimate of drug-likeness (QED) is 0.712. The van der Waals surface area contributed by atoms with E-state index in [1.807, 2.05) is 36.4 Å². The molecule has 0 radical (unpaired) electrons. The van der Waals surface area contributed by atoms with Gasteiger partial charge in [-0.15, -0.1) is 0 Å². The van der Waals surface area contributed by atoms with Crippen LogP contribution in [0.2, 0.25) is 0 Å². The van der Waals surface area contributed by atoms with E-state index in [1.54, 1.807) is 18.7 Å². The normalized spacial score (nSPS) is 14.0. The summed E-state index contributed by atoms with van der Waals surface area (Å²) in [5, 5.41) is 13.0. The second-order valence-corrected chi connectivity index (χ2v) is 8.40. The average molecular weight is 360 g/mol. The molecule has 0 saturated heterocycles. The fraction of sp³-hybridized carbons (Fsp3) is 0.235. The number of rotatable bonds is 4. The number of nitrogens with one attached hydrogen (secondary N) is 1. The number of nitriles is 1. The van der Waals surface area contributed by atoms with E-state index in [1.165, 1.54) is 0 Å². The Morgan fingerprint density at radius 3 is 2.71 bits per heavy atom. The number of benzene rings is 2. The van der Waals surface area contributed by atoms with E-state index >= 15 is 0 Å². The summed E-state index contributed by atoms with van der Waals surface area (Å²) < 4.78 is 28.0. The van der Waals surface area contributed by atoms with Gasteiger partial charge in [0, 0.05) is 9.79 Å². The highest BCUT2D eigenvalue weighted by Gasteiger charge is 2.25. The lowest BCUT2D eigenvalue weighted by molar-refractivity contribution is 0.395. The van der Waals surface area contributed by atoms with E-state index in [-0.39, 0.29) is 11.7 Å². The van der Waals surface area contributed by atoms with Crippen LogP contribution in [-0.4, -0.2) is 21.3 Å². The summed E-state index contributed by atoms with van der Waals surface area (Å²) >= 11 is 1.59. The zero-order valence-corrected chi connectivity index (χ0v) is 14.9. The molecular formula is C17H16N2O3S2. The molecule has 0 amide bonds. The molecule has 1 atom stereocenters. The summed E-state index contributed by atoms with van der Waals surface area (Å²) in [5.41, 5.74) is 2.86. The second kappa shape index (κ2) is 6.48. The minimum atomic E-state index is -3.60. The lowest BCUT2D eigenvalue weighted by atomic mass is 9.96. The summed E-state index contributed by atoms with van der Waals surface area (Å²) in [6.07, 6.45) is 0. The van der Waals surface area contributed by atoms with E-state index in [9.17, 15) is 13.7 Å². The number of hydrogen-bond acceptors (Lipinski definition) is 6. The van der Waals surface area contributed by atoms with Crippen molar-refractivity contribution in [3.05, 3.63) is 47.5 Å². The topological polar surface area (TPSA) is 79.2 Å². The Morgan fingerprint density at radius 2 is 2.00 bits per heavy atom. The van der Waals surface area contributed by atoms with Crippen molar-refractivity contribution >= 4 is 33.3 Å². The summed E-state index contributed by atoms with van der Waals surface area (Å²) in [5.74, 6) is -0.514. The molecule has 124 valence electrons. The third-order valence-corrected chi connectivity index (χ3v) is 6.47. The van der Waals surface area contributed by atoms with Gasteiger partial charge >= 0.3 is 0 Å². The fourth-order valence-corrected chi connectivity index (χ4v) is 4.65. The predicted octanol–water partition coefficient (Wildman–Crippen LogP) is 3.85. The van der Waals surface area contributed by atoms with Crippen LogP contribution in [0.25, 0.3) is 0 Å². The van der Waals surface area contributed by atoms with Crippen molar-refractivity contribution in [2.45, 2.75) is 22.6 Å². The number of hydrogen-bond donors (Lipinski definition) is 1. The first kappa shape index (κ1) is 16.8. The predicted molar refractivity (Wildman–Crippen MR) is 94.2 cm³/mol. The molecule has 0 aliphatic carbocycles. The van der Waals surface area contributed by atoms with Crippen LogP contribution in [0.1, 0.15) is 24.0 Å². The van der Waals surface area contributed by atoms with Gasteiger partial charge in [-0.2, -0.15) is 13.7 Å². The van der Waals surface area contributed by atoms with Crippen molar-refractivity contribution in [2.24, 2.45) is 0 Å². The zero-order chi connectivity index (χ0) is 17.3. The van der Waals surface area contributed by atoms with Gasteiger partial charge in [-0.1, -0.05) is 36.9 Å². The molecule has 24 heavy (non-hydrogen) atoms. The molecule has 0 spiro atoms. The van der Waals surface area contributed by atoms with E-state index < -0.39 is 10.1 Å². The minimum Gasteiger partial charge on any atom is -0.353 e. The zero-order valence-electron chi connectivity index (χ0n) is 13.2. The Balaban J connectivity index is 2.02. The molecule has 1 unspecified atom stereocenters. The van der Waals surface area contributed by atoms with Crippen molar-refractivity contribution in [1.82, 2.24) is 0 Å². The highest BCUT2D eigenvalue weighted by molar-refractivity contribution is 7.99. The van der Waals surface area contributed by atoms with E-state index in [2.05, 4.69) is 15.6 Å². The second-order valence-electron chi connectivity index (χ2n) is 5.53. The summed E-state index contributed by atoms with van der Waals surface area (Å²) in [4.78, 5) is 2.05.